The molecule has 0 saturated carbocycles. The van der Waals surface area contributed by atoms with Crippen LogP contribution < -0.4 is 0 Å². The lowest BCUT2D eigenvalue weighted by Gasteiger charge is -1.95. The molecule has 0 spiro atoms. The van der Waals surface area contributed by atoms with Crippen LogP contribution in [0.5, 0.6) is 0 Å². The van der Waals surface area contributed by atoms with Gasteiger partial charge in [-0.15, -0.1) is 0 Å². The van der Waals surface area contributed by atoms with E-state index in [4.69, 9.17) is 70.0 Å². The Morgan fingerprint density at radius 3 is 0.788 bits per heavy atom. The monoisotopic (exact) mass is 502 g/mol. The average Bonchev–Trinajstić information content (AvgIpc) is 3.76. The number of hydrogen-bond donors (Lipinski definition) is 10. The van der Waals surface area contributed by atoms with E-state index in [0.29, 0.717) is 38.6 Å². The lowest BCUT2D eigenvalue weighted by atomic mass is 10.5. The van der Waals surface area contributed by atoms with E-state index in [0.717, 1.165) is 13.2 Å². The highest BCUT2D eigenvalue weighted by Crippen LogP contribution is 2.08. The Morgan fingerprint density at radius 2 is 0.667 bits per heavy atom. The molecule has 208 valence electrons. The van der Waals surface area contributed by atoms with Gasteiger partial charge in [0.25, 0.3) is 0 Å². The molecule has 0 aromatic carbocycles. The van der Waals surface area contributed by atoms with Crippen LogP contribution in [0, 0.1) is 0 Å². The van der Waals surface area contributed by atoms with E-state index in [2.05, 4.69) is 0 Å². The quantitative estimate of drug-likeness (QED) is 0.0878. The molecule has 33 heavy (non-hydrogen) atoms. The third-order valence-electron chi connectivity index (χ3n) is 2.28. The van der Waals surface area contributed by atoms with Crippen LogP contribution in [0.4, 0.5) is 0 Å². The Balaban J connectivity index is -0.0000000984. The summed E-state index contributed by atoms with van der Waals surface area (Å²) in [6.45, 7) is 3.00. The molecular formula is C18H46O15. The molecular weight excluding hydrogens is 456 g/mol. The van der Waals surface area contributed by atoms with Crippen LogP contribution in [0.3, 0.4) is 0 Å². The molecule has 0 aliphatic carbocycles. The molecule has 2 saturated heterocycles. The summed E-state index contributed by atoms with van der Waals surface area (Å²) in [5.41, 5.74) is 0. The van der Waals surface area contributed by atoms with Crippen LogP contribution in [0.1, 0.15) is 0 Å². The van der Waals surface area contributed by atoms with Crippen molar-refractivity contribution < 1.29 is 75.5 Å². The van der Waals surface area contributed by atoms with Gasteiger partial charge in [0.05, 0.1) is 106 Å². The number of aliphatic hydroxyl groups excluding tert-OH is 10. The fourth-order valence-electron chi connectivity index (χ4n) is 0.887. The molecule has 12 N–H and O–H groups in total. The van der Waals surface area contributed by atoms with Crippen LogP contribution in [-0.2, 0) is 18.9 Å². The van der Waals surface area contributed by atoms with Crippen molar-refractivity contribution in [3.05, 3.63) is 0 Å². The van der Waals surface area contributed by atoms with E-state index < -0.39 is 0 Å². The standard InChI is InChI=1S/2C5H10O3.4C2H6O2.H2O/c2*6-1-2-7-3-5-4-8-5;4*3-1-2-4;/h2*5-6H,1-4H2;4*3-4H,1-2H2;1H2. The molecule has 2 aliphatic heterocycles. The predicted molar refractivity (Wildman–Crippen MR) is 116 cm³/mol. The van der Waals surface area contributed by atoms with Crippen molar-refractivity contribution in [1.29, 1.82) is 0 Å². The number of aliphatic hydroxyl groups is 10. The molecule has 2 aliphatic rings. The molecule has 2 heterocycles. The van der Waals surface area contributed by atoms with E-state index in [1.165, 1.54) is 0 Å². The van der Waals surface area contributed by atoms with Gasteiger partial charge in [0.15, 0.2) is 0 Å². The van der Waals surface area contributed by atoms with Gasteiger partial charge in [-0.25, -0.2) is 0 Å². The Morgan fingerprint density at radius 1 is 0.455 bits per heavy atom. The zero-order valence-corrected chi connectivity index (χ0v) is 19.1. The largest absolute Gasteiger partial charge is 0.412 e. The van der Waals surface area contributed by atoms with Crippen LogP contribution in [0.25, 0.3) is 0 Å². The molecule has 0 aromatic heterocycles. The maximum atomic E-state index is 8.23. The minimum Gasteiger partial charge on any atom is -0.412 e. The van der Waals surface area contributed by atoms with Crippen LogP contribution in [-0.4, -0.2) is 174 Å². The van der Waals surface area contributed by atoms with Crippen molar-refractivity contribution in [2.75, 3.05) is 106 Å². The second-order valence-electron chi connectivity index (χ2n) is 5.30. The van der Waals surface area contributed by atoms with Gasteiger partial charge < -0.3 is 75.5 Å². The van der Waals surface area contributed by atoms with E-state index in [1.807, 2.05) is 0 Å². The zero-order valence-electron chi connectivity index (χ0n) is 19.1. The van der Waals surface area contributed by atoms with Crippen molar-refractivity contribution >= 4 is 0 Å². The zero-order chi connectivity index (χ0) is 25.3. The normalized spacial score (nSPS) is 16.2. The van der Waals surface area contributed by atoms with Gasteiger partial charge in [-0.2, -0.15) is 0 Å². The first-order valence-electron chi connectivity index (χ1n) is 10.00. The van der Waals surface area contributed by atoms with Gasteiger partial charge in [0, 0.05) is 0 Å². The molecule has 2 unspecified atom stereocenters. The van der Waals surface area contributed by atoms with Gasteiger partial charge in [0.2, 0.25) is 0 Å². The summed E-state index contributed by atoms with van der Waals surface area (Å²) in [5.74, 6) is 0. The number of rotatable bonds is 12. The predicted octanol–water partition coefficient (Wildman–Crippen LogP) is -6.15. The van der Waals surface area contributed by atoms with Gasteiger partial charge in [-0.05, 0) is 0 Å². The summed E-state index contributed by atoms with van der Waals surface area (Å²) in [4.78, 5) is 0. The molecule has 2 atom stereocenters. The summed E-state index contributed by atoms with van der Waals surface area (Å²) in [6, 6.07) is 0. The molecule has 0 amide bonds. The van der Waals surface area contributed by atoms with Gasteiger partial charge >= 0.3 is 0 Å². The van der Waals surface area contributed by atoms with Crippen molar-refractivity contribution in [2.24, 2.45) is 0 Å². The smallest absolute Gasteiger partial charge is 0.104 e. The van der Waals surface area contributed by atoms with E-state index in [1.54, 1.807) is 0 Å². The lowest BCUT2D eigenvalue weighted by Crippen LogP contribution is -2.04. The Hall–Kier alpha value is -0.600. The number of epoxide rings is 2. The molecule has 0 radical (unpaired) electrons. The highest BCUT2D eigenvalue weighted by molar-refractivity contribution is 4.67. The van der Waals surface area contributed by atoms with Crippen molar-refractivity contribution in [1.82, 2.24) is 0 Å². The summed E-state index contributed by atoms with van der Waals surface area (Å²) >= 11 is 0. The minimum atomic E-state index is -0.125. The highest BCUT2D eigenvalue weighted by atomic mass is 16.6. The van der Waals surface area contributed by atoms with Crippen molar-refractivity contribution in [3.8, 4) is 0 Å². The van der Waals surface area contributed by atoms with Crippen molar-refractivity contribution in [3.63, 3.8) is 0 Å². The summed E-state index contributed by atoms with van der Waals surface area (Å²) in [5, 5.41) is 77.5. The van der Waals surface area contributed by atoms with E-state index >= 15 is 0 Å². The van der Waals surface area contributed by atoms with Gasteiger partial charge in [-0.3, -0.25) is 0 Å². The second kappa shape index (κ2) is 45.0. The van der Waals surface area contributed by atoms with Gasteiger partial charge in [0.1, 0.15) is 12.2 Å². The Bertz CT molecular complexity index is 227. The van der Waals surface area contributed by atoms with Gasteiger partial charge in [-0.1, -0.05) is 0 Å². The maximum Gasteiger partial charge on any atom is 0.104 e. The molecule has 0 aromatic rings. The molecule has 2 rings (SSSR count). The molecule has 0 bridgehead atoms. The first-order valence-corrected chi connectivity index (χ1v) is 10.00. The van der Waals surface area contributed by atoms with Crippen molar-refractivity contribution in [2.45, 2.75) is 12.2 Å². The fourth-order valence-corrected chi connectivity index (χ4v) is 0.887. The van der Waals surface area contributed by atoms with E-state index in [9.17, 15) is 0 Å². The minimum absolute atomic E-state index is 0. The summed E-state index contributed by atoms with van der Waals surface area (Å²) in [6.07, 6.45) is 0.642. The molecule has 15 heteroatoms. The first-order chi connectivity index (χ1) is 15.5. The average molecular weight is 503 g/mol. The number of ether oxygens (including phenoxy) is 4. The maximum absolute atomic E-state index is 8.23. The van der Waals surface area contributed by atoms with Crippen LogP contribution in [0.2, 0.25) is 0 Å². The Kier molecular flexibility index (Phi) is 58.0. The lowest BCUT2D eigenvalue weighted by molar-refractivity contribution is 0.0810. The molecule has 2 fully saturated rings. The fraction of sp³-hybridized carbons (Fsp3) is 1.00. The molecule has 15 nitrogen and oxygen atoms in total. The number of hydrogen-bond acceptors (Lipinski definition) is 14. The third-order valence-corrected chi connectivity index (χ3v) is 2.28. The van der Waals surface area contributed by atoms with Crippen LogP contribution in [0.15, 0.2) is 0 Å². The first kappa shape index (κ1) is 42.6. The Labute approximate surface area is 194 Å². The summed E-state index contributed by atoms with van der Waals surface area (Å²) < 4.78 is 19.6. The highest BCUT2D eigenvalue weighted by Gasteiger charge is 2.22. The van der Waals surface area contributed by atoms with E-state index in [-0.39, 0.29) is 71.5 Å². The third kappa shape index (κ3) is 72.1. The SMILES string of the molecule is O.OCCO.OCCO.OCCO.OCCO.OCCOCC1CO1.OCCOCC1CO1. The summed E-state index contributed by atoms with van der Waals surface area (Å²) in [7, 11) is 0. The van der Waals surface area contributed by atoms with Crippen LogP contribution >= 0.6 is 0 Å². The topological polar surface area (TPSA) is 277 Å². The second-order valence-corrected chi connectivity index (χ2v) is 5.30.